The van der Waals surface area contributed by atoms with E-state index in [0.29, 0.717) is 19.1 Å². The maximum Gasteiger partial charge on any atom is 0.0948 e. The highest BCUT2D eigenvalue weighted by molar-refractivity contribution is 5.40. The van der Waals surface area contributed by atoms with Crippen LogP contribution < -0.4 is 5.32 Å². The second kappa shape index (κ2) is 4.17. The van der Waals surface area contributed by atoms with Gasteiger partial charge in [0.15, 0.2) is 0 Å². The van der Waals surface area contributed by atoms with Crippen molar-refractivity contribution in [1.82, 2.24) is 5.32 Å². The van der Waals surface area contributed by atoms with Crippen molar-refractivity contribution in [1.29, 1.82) is 0 Å². The normalized spacial score (nSPS) is 32.2. The minimum absolute atomic E-state index is 0.118. The molecule has 1 aliphatic carbocycles. The molecule has 3 heteroatoms. The third-order valence-electron chi connectivity index (χ3n) is 3.64. The molecular weight excluding hydrogens is 202 g/mol. The molecule has 1 saturated heterocycles. The highest BCUT2D eigenvalue weighted by Crippen LogP contribution is 2.34. The number of fused-ring (bicyclic) bond motifs is 1. The van der Waals surface area contributed by atoms with Gasteiger partial charge in [0.2, 0.25) is 0 Å². The average molecular weight is 219 g/mol. The van der Waals surface area contributed by atoms with Crippen LogP contribution in [0, 0.1) is 0 Å². The molecule has 3 rings (SSSR count). The molecule has 1 aromatic carbocycles. The summed E-state index contributed by atoms with van der Waals surface area (Å²) < 4.78 is 5.21. The van der Waals surface area contributed by atoms with Gasteiger partial charge in [-0.15, -0.1) is 0 Å². The first-order valence-corrected chi connectivity index (χ1v) is 5.91. The van der Waals surface area contributed by atoms with Gasteiger partial charge in [-0.25, -0.2) is 0 Å². The Morgan fingerprint density at radius 3 is 2.94 bits per heavy atom. The molecule has 0 amide bonds. The van der Waals surface area contributed by atoms with Crippen molar-refractivity contribution >= 4 is 0 Å². The highest BCUT2D eigenvalue weighted by atomic mass is 16.5. The van der Waals surface area contributed by atoms with E-state index in [1.54, 1.807) is 0 Å². The molecule has 0 spiro atoms. The lowest BCUT2D eigenvalue weighted by molar-refractivity contribution is 0.122. The van der Waals surface area contributed by atoms with E-state index in [0.717, 1.165) is 13.0 Å². The summed E-state index contributed by atoms with van der Waals surface area (Å²) in [4.78, 5) is 0. The van der Waals surface area contributed by atoms with Gasteiger partial charge in [-0.1, -0.05) is 24.3 Å². The van der Waals surface area contributed by atoms with Gasteiger partial charge in [-0.2, -0.15) is 0 Å². The number of nitrogens with one attached hydrogen (secondary N) is 1. The summed E-state index contributed by atoms with van der Waals surface area (Å²) in [6, 6.07) is 8.70. The highest BCUT2D eigenvalue weighted by Gasteiger charge is 2.29. The predicted molar refractivity (Wildman–Crippen MR) is 61.5 cm³/mol. The van der Waals surface area contributed by atoms with E-state index in [9.17, 15) is 5.11 Å². The molecule has 86 valence electrons. The van der Waals surface area contributed by atoms with Crippen molar-refractivity contribution in [3.63, 3.8) is 0 Å². The Hall–Kier alpha value is -0.900. The van der Waals surface area contributed by atoms with Crippen LogP contribution in [0.2, 0.25) is 0 Å². The molecular formula is C13H17NO2. The van der Waals surface area contributed by atoms with E-state index in [1.807, 2.05) is 0 Å². The second-order valence-corrected chi connectivity index (χ2v) is 4.72. The summed E-state index contributed by atoms with van der Waals surface area (Å²) in [6.07, 6.45) is 0.822. The number of rotatable bonds is 3. The fourth-order valence-electron chi connectivity index (χ4n) is 2.58. The molecule has 2 aliphatic rings. The smallest absolute Gasteiger partial charge is 0.0948 e. The molecule has 1 fully saturated rings. The number of aliphatic hydroxyl groups is 1. The van der Waals surface area contributed by atoms with Crippen molar-refractivity contribution in [2.24, 2.45) is 0 Å². The fraction of sp³-hybridized carbons (Fsp3) is 0.538. The van der Waals surface area contributed by atoms with E-state index in [4.69, 9.17) is 4.74 Å². The number of hydrogen-bond donors (Lipinski definition) is 2. The zero-order valence-corrected chi connectivity index (χ0v) is 9.23. The third-order valence-corrected chi connectivity index (χ3v) is 3.64. The van der Waals surface area contributed by atoms with E-state index < -0.39 is 0 Å². The molecule has 0 aromatic heterocycles. The molecule has 1 aliphatic heterocycles. The van der Waals surface area contributed by atoms with Crippen LogP contribution in [0.1, 0.15) is 17.0 Å². The Morgan fingerprint density at radius 2 is 2.19 bits per heavy atom. The number of benzene rings is 1. The van der Waals surface area contributed by atoms with Crippen LogP contribution in [-0.4, -0.2) is 37.0 Å². The first-order chi connectivity index (χ1) is 7.84. The summed E-state index contributed by atoms with van der Waals surface area (Å²) in [5, 5.41) is 13.0. The van der Waals surface area contributed by atoms with Crippen LogP contribution in [0.4, 0.5) is 0 Å². The topological polar surface area (TPSA) is 41.5 Å². The van der Waals surface area contributed by atoms with Gasteiger partial charge < -0.3 is 15.2 Å². The standard InChI is InChI=1S/C13H17NO2/c15-13-8-16-7-12(13)14-6-10-5-9-3-1-2-4-11(9)10/h1-4,10,12-15H,5-8H2. The van der Waals surface area contributed by atoms with Gasteiger partial charge in [0.1, 0.15) is 0 Å². The van der Waals surface area contributed by atoms with Crippen LogP contribution in [0.15, 0.2) is 24.3 Å². The molecule has 2 N–H and O–H groups in total. The SMILES string of the molecule is OC1COCC1NCC1Cc2ccccc21. The molecule has 0 bridgehead atoms. The average Bonchev–Trinajstić information content (AvgIpc) is 2.66. The van der Waals surface area contributed by atoms with Crippen LogP contribution in [0.3, 0.4) is 0 Å². The van der Waals surface area contributed by atoms with Gasteiger partial charge in [0, 0.05) is 12.5 Å². The second-order valence-electron chi connectivity index (χ2n) is 4.72. The molecule has 1 aromatic rings. The minimum atomic E-state index is -0.338. The quantitative estimate of drug-likeness (QED) is 0.785. The first-order valence-electron chi connectivity index (χ1n) is 5.91. The van der Waals surface area contributed by atoms with Gasteiger partial charge in [-0.05, 0) is 17.5 Å². The maximum absolute atomic E-state index is 9.60. The van der Waals surface area contributed by atoms with Crippen molar-refractivity contribution in [3.05, 3.63) is 35.4 Å². The summed E-state index contributed by atoms with van der Waals surface area (Å²) in [7, 11) is 0. The molecule has 16 heavy (non-hydrogen) atoms. The number of aliphatic hydroxyl groups excluding tert-OH is 1. The van der Waals surface area contributed by atoms with Gasteiger partial charge >= 0.3 is 0 Å². The van der Waals surface area contributed by atoms with Crippen molar-refractivity contribution < 1.29 is 9.84 Å². The summed E-state index contributed by atoms with van der Waals surface area (Å²) >= 11 is 0. The largest absolute Gasteiger partial charge is 0.389 e. The van der Waals surface area contributed by atoms with Crippen LogP contribution in [0.5, 0.6) is 0 Å². The van der Waals surface area contributed by atoms with Crippen LogP contribution >= 0.6 is 0 Å². The monoisotopic (exact) mass is 219 g/mol. The summed E-state index contributed by atoms with van der Waals surface area (Å²) in [5.74, 6) is 0.615. The van der Waals surface area contributed by atoms with E-state index in [1.165, 1.54) is 11.1 Å². The molecule has 0 saturated carbocycles. The number of ether oxygens (including phenoxy) is 1. The minimum Gasteiger partial charge on any atom is -0.389 e. The van der Waals surface area contributed by atoms with Crippen LogP contribution in [0.25, 0.3) is 0 Å². The Kier molecular flexibility index (Phi) is 2.67. The molecule has 3 atom stereocenters. The fourth-order valence-corrected chi connectivity index (χ4v) is 2.58. The van der Waals surface area contributed by atoms with E-state index >= 15 is 0 Å². The lowest BCUT2D eigenvalue weighted by Crippen LogP contribution is -2.42. The Morgan fingerprint density at radius 1 is 1.31 bits per heavy atom. The van der Waals surface area contributed by atoms with Crippen molar-refractivity contribution in [2.75, 3.05) is 19.8 Å². The molecule has 0 radical (unpaired) electrons. The lowest BCUT2D eigenvalue weighted by atomic mass is 9.77. The maximum atomic E-state index is 9.60. The van der Waals surface area contributed by atoms with Crippen LogP contribution in [-0.2, 0) is 11.2 Å². The van der Waals surface area contributed by atoms with Gasteiger partial charge in [0.05, 0.1) is 25.4 Å². The Labute approximate surface area is 95.4 Å². The lowest BCUT2D eigenvalue weighted by Gasteiger charge is -2.31. The van der Waals surface area contributed by atoms with Gasteiger partial charge in [0.25, 0.3) is 0 Å². The molecule has 3 nitrogen and oxygen atoms in total. The van der Waals surface area contributed by atoms with Crippen molar-refractivity contribution in [2.45, 2.75) is 24.5 Å². The summed E-state index contributed by atoms with van der Waals surface area (Å²) in [6.45, 7) is 2.05. The Bertz CT molecular complexity index is 380. The predicted octanol–water partition coefficient (Wildman–Crippen LogP) is 0.676. The zero-order valence-electron chi connectivity index (χ0n) is 9.23. The first kappa shape index (κ1) is 10.3. The Balaban J connectivity index is 1.55. The summed E-state index contributed by atoms with van der Waals surface area (Å²) in [5.41, 5.74) is 2.93. The van der Waals surface area contributed by atoms with E-state index in [2.05, 4.69) is 29.6 Å². The van der Waals surface area contributed by atoms with E-state index in [-0.39, 0.29) is 12.1 Å². The molecule has 1 heterocycles. The number of hydrogen-bond acceptors (Lipinski definition) is 3. The molecule has 3 unspecified atom stereocenters. The zero-order chi connectivity index (χ0) is 11.0. The third kappa shape index (κ3) is 1.75. The van der Waals surface area contributed by atoms with Gasteiger partial charge in [-0.3, -0.25) is 0 Å². The van der Waals surface area contributed by atoms with Crippen molar-refractivity contribution in [3.8, 4) is 0 Å².